The predicted molar refractivity (Wildman–Crippen MR) is 111 cm³/mol. The Morgan fingerprint density at radius 2 is 2.03 bits per heavy atom. The van der Waals surface area contributed by atoms with Crippen LogP contribution >= 0.6 is 23.2 Å². The summed E-state index contributed by atoms with van der Waals surface area (Å²) < 4.78 is 18.6. The molecule has 154 valence electrons. The summed E-state index contributed by atoms with van der Waals surface area (Å²) in [6, 6.07) is 10.6. The number of benzene rings is 2. The fraction of sp³-hybridized carbons (Fsp3) is 0.150. The van der Waals surface area contributed by atoms with E-state index in [-0.39, 0.29) is 16.7 Å². The number of hydrogen-bond acceptors (Lipinski definition) is 4. The van der Waals surface area contributed by atoms with Crippen LogP contribution in [-0.4, -0.2) is 40.8 Å². The number of hydrogen-bond donors (Lipinski definition) is 1. The first-order valence-corrected chi connectivity index (χ1v) is 9.69. The number of ether oxygens (including phenoxy) is 1. The van der Waals surface area contributed by atoms with Crippen LogP contribution < -0.4 is 5.32 Å². The van der Waals surface area contributed by atoms with Crippen LogP contribution in [-0.2, 0) is 16.1 Å². The highest BCUT2D eigenvalue weighted by molar-refractivity contribution is 6.31. The number of amides is 3. The van der Waals surface area contributed by atoms with Gasteiger partial charge in [-0.1, -0.05) is 35.3 Å². The predicted octanol–water partition coefficient (Wildman–Crippen LogP) is 4.24. The van der Waals surface area contributed by atoms with Gasteiger partial charge in [0.25, 0.3) is 5.91 Å². The molecule has 2 heterocycles. The number of aliphatic imine (C=N–C) groups is 1. The normalized spacial score (nSPS) is 15.8. The van der Waals surface area contributed by atoms with Crippen molar-refractivity contribution in [1.29, 1.82) is 0 Å². The Balaban J connectivity index is 1.46. The highest BCUT2D eigenvalue weighted by Gasteiger charge is 2.33. The van der Waals surface area contributed by atoms with E-state index in [1.54, 1.807) is 18.2 Å². The van der Waals surface area contributed by atoms with Crippen LogP contribution in [0.5, 0.6) is 0 Å². The zero-order chi connectivity index (χ0) is 21.3. The monoisotopic (exact) mass is 448 g/mol. The maximum absolute atomic E-state index is 13.3. The minimum atomic E-state index is -0.585. The second-order valence-electron chi connectivity index (χ2n) is 6.58. The van der Waals surface area contributed by atoms with Crippen LogP contribution in [0.25, 0.3) is 0 Å². The van der Waals surface area contributed by atoms with E-state index in [2.05, 4.69) is 10.3 Å². The molecule has 0 atom stereocenters. The highest BCUT2D eigenvalue weighted by Crippen LogP contribution is 2.23. The average molecular weight is 449 g/mol. The minimum Gasteiger partial charge on any atom is -0.431 e. The molecule has 0 radical (unpaired) electrons. The smallest absolute Gasteiger partial charge is 0.348 e. The van der Waals surface area contributed by atoms with Crippen molar-refractivity contribution in [3.63, 3.8) is 0 Å². The van der Waals surface area contributed by atoms with Gasteiger partial charge in [-0.15, -0.1) is 4.99 Å². The number of amidine groups is 1. The number of fused-ring (bicyclic) bond motifs is 1. The second kappa shape index (κ2) is 8.33. The third-order valence-corrected chi connectivity index (χ3v) is 5.05. The van der Waals surface area contributed by atoms with Gasteiger partial charge >= 0.3 is 12.1 Å². The lowest BCUT2D eigenvalue weighted by atomic mass is 10.2. The highest BCUT2D eigenvalue weighted by atomic mass is 35.5. The van der Waals surface area contributed by atoms with Gasteiger partial charge in [0, 0.05) is 30.3 Å². The van der Waals surface area contributed by atoms with Crippen LogP contribution in [0, 0.1) is 5.82 Å². The topological polar surface area (TPSA) is 74.2 Å². The number of urea groups is 1. The van der Waals surface area contributed by atoms with Gasteiger partial charge < -0.3 is 15.0 Å². The molecule has 0 unspecified atom stereocenters. The van der Waals surface area contributed by atoms with Crippen LogP contribution in [0.3, 0.4) is 0 Å². The van der Waals surface area contributed by atoms with Crippen molar-refractivity contribution in [1.82, 2.24) is 9.80 Å². The fourth-order valence-electron chi connectivity index (χ4n) is 3.06. The Morgan fingerprint density at radius 3 is 2.80 bits per heavy atom. The molecular formula is C20H15Cl2FN4O3. The molecule has 2 aromatic carbocycles. The van der Waals surface area contributed by atoms with Gasteiger partial charge in [-0.3, -0.25) is 9.69 Å². The van der Waals surface area contributed by atoms with Gasteiger partial charge in [-0.05, 0) is 35.9 Å². The molecule has 30 heavy (non-hydrogen) atoms. The molecule has 3 amide bonds. The van der Waals surface area contributed by atoms with E-state index in [0.29, 0.717) is 30.3 Å². The molecule has 0 saturated carbocycles. The zero-order valence-electron chi connectivity index (χ0n) is 15.4. The molecule has 7 nitrogen and oxygen atoms in total. The second-order valence-corrected chi connectivity index (χ2v) is 7.43. The lowest BCUT2D eigenvalue weighted by Crippen LogP contribution is -2.36. The molecule has 0 aromatic heterocycles. The number of halogens is 3. The minimum absolute atomic E-state index is 0.0240. The molecule has 4 rings (SSSR count). The summed E-state index contributed by atoms with van der Waals surface area (Å²) in [5.74, 6) is -1.09. The van der Waals surface area contributed by atoms with Crippen molar-refractivity contribution in [2.75, 3.05) is 18.4 Å². The Bertz CT molecular complexity index is 1090. The SMILES string of the molecule is O=C(Nc1ccc(F)c(Cl)c1)C1=COC2=NC(=O)N(Cc3cccc(Cl)c3)CCN12. The average Bonchev–Trinajstić information content (AvgIpc) is 3.03. The van der Waals surface area contributed by atoms with Crippen LogP contribution in [0.1, 0.15) is 5.56 Å². The number of nitrogens with zero attached hydrogens (tertiary/aromatic N) is 3. The number of carbonyl (C=O) groups excluding carboxylic acids is 2. The molecule has 2 aromatic rings. The molecule has 10 heteroatoms. The third kappa shape index (κ3) is 4.24. The first-order chi connectivity index (χ1) is 14.4. The van der Waals surface area contributed by atoms with Crippen molar-refractivity contribution in [3.8, 4) is 0 Å². The molecule has 0 spiro atoms. The van der Waals surface area contributed by atoms with Gasteiger partial charge in [0.05, 0.1) is 5.02 Å². The Kier molecular flexibility index (Phi) is 5.61. The van der Waals surface area contributed by atoms with Gasteiger partial charge in [0.1, 0.15) is 17.8 Å². The molecule has 2 aliphatic rings. The third-order valence-electron chi connectivity index (χ3n) is 4.53. The first kappa shape index (κ1) is 20.2. The molecule has 0 aliphatic carbocycles. The van der Waals surface area contributed by atoms with Crippen molar-refractivity contribution in [3.05, 3.63) is 75.8 Å². The first-order valence-electron chi connectivity index (χ1n) is 8.93. The van der Waals surface area contributed by atoms with E-state index in [0.717, 1.165) is 11.6 Å². The maximum Gasteiger partial charge on any atom is 0.348 e. The molecule has 0 saturated heterocycles. The van der Waals surface area contributed by atoms with Gasteiger partial charge in [0.15, 0.2) is 0 Å². The van der Waals surface area contributed by atoms with Crippen molar-refractivity contribution >= 4 is 46.8 Å². The van der Waals surface area contributed by atoms with Gasteiger partial charge in [-0.25, -0.2) is 9.18 Å². The van der Waals surface area contributed by atoms with Crippen LogP contribution in [0.2, 0.25) is 10.0 Å². The molecule has 0 bridgehead atoms. The van der Waals surface area contributed by atoms with E-state index in [9.17, 15) is 14.0 Å². The largest absolute Gasteiger partial charge is 0.431 e. The van der Waals surface area contributed by atoms with E-state index in [1.165, 1.54) is 28.2 Å². The Morgan fingerprint density at radius 1 is 1.20 bits per heavy atom. The van der Waals surface area contributed by atoms with E-state index in [4.69, 9.17) is 27.9 Å². The summed E-state index contributed by atoms with van der Waals surface area (Å²) in [4.78, 5) is 32.2. The number of carbonyl (C=O) groups is 2. The van der Waals surface area contributed by atoms with Crippen LogP contribution in [0.4, 0.5) is 14.9 Å². The van der Waals surface area contributed by atoms with Gasteiger partial charge in [-0.2, -0.15) is 0 Å². The Labute approximate surface area is 181 Å². The maximum atomic E-state index is 13.3. The van der Waals surface area contributed by atoms with Crippen molar-refractivity contribution < 1.29 is 18.7 Å². The standard InChI is InChI=1S/C20H15Cl2FN4O3/c21-13-3-1-2-12(8-13)10-26-6-7-27-17(11-30-20(27)25-19(26)29)18(28)24-14-4-5-16(23)15(22)9-14/h1-5,8-9,11H,6-7,10H2,(H,24,28). The molecule has 1 N–H and O–H groups in total. The summed E-state index contributed by atoms with van der Waals surface area (Å²) in [7, 11) is 0. The van der Waals surface area contributed by atoms with Crippen molar-refractivity contribution in [2.45, 2.75) is 6.54 Å². The number of anilines is 1. The lowest BCUT2D eigenvalue weighted by molar-refractivity contribution is -0.113. The van der Waals surface area contributed by atoms with Crippen LogP contribution in [0.15, 0.2) is 59.4 Å². The van der Waals surface area contributed by atoms with Gasteiger partial charge in [0.2, 0.25) is 0 Å². The quantitative estimate of drug-likeness (QED) is 0.758. The fourth-order valence-corrected chi connectivity index (χ4v) is 3.45. The summed E-state index contributed by atoms with van der Waals surface area (Å²) in [5, 5.41) is 3.09. The lowest BCUT2D eigenvalue weighted by Gasteiger charge is -2.21. The summed E-state index contributed by atoms with van der Waals surface area (Å²) in [5.41, 5.74) is 1.36. The van der Waals surface area contributed by atoms with E-state index < -0.39 is 17.8 Å². The summed E-state index contributed by atoms with van der Waals surface area (Å²) in [6.07, 6.45) is 1.22. The van der Waals surface area contributed by atoms with E-state index >= 15 is 0 Å². The number of rotatable bonds is 4. The zero-order valence-corrected chi connectivity index (χ0v) is 17.0. The molecule has 0 fully saturated rings. The van der Waals surface area contributed by atoms with E-state index in [1.807, 2.05) is 6.07 Å². The summed E-state index contributed by atoms with van der Waals surface area (Å²) in [6.45, 7) is 0.937. The number of nitrogens with one attached hydrogen (secondary N) is 1. The molecule has 2 aliphatic heterocycles. The molecular weight excluding hydrogens is 434 g/mol. The summed E-state index contributed by atoms with van der Waals surface area (Å²) >= 11 is 11.8. The Hall–Kier alpha value is -3.10. The van der Waals surface area contributed by atoms with Crippen molar-refractivity contribution in [2.24, 2.45) is 4.99 Å².